The van der Waals surface area contributed by atoms with Gasteiger partial charge in [-0.25, -0.2) is 4.79 Å². The first-order chi connectivity index (χ1) is 9.13. The van der Waals surface area contributed by atoms with E-state index in [2.05, 4.69) is 4.74 Å². The van der Waals surface area contributed by atoms with E-state index < -0.39 is 30.6 Å². The Bertz CT molecular complexity index is 420. The van der Waals surface area contributed by atoms with E-state index >= 15 is 0 Å². The molecule has 19 heavy (non-hydrogen) atoms. The molecule has 0 amide bonds. The molecule has 1 heterocycles. The topological polar surface area (TPSA) is 85.2 Å². The molecule has 6 heteroatoms. The lowest BCUT2D eigenvalue weighted by molar-refractivity contribution is -0.275. The van der Waals surface area contributed by atoms with E-state index in [0.29, 0.717) is 0 Å². The van der Waals surface area contributed by atoms with Gasteiger partial charge >= 0.3 is 5.97 Å². The maximum atomic E-state index is 11.3. The monoisotopic (exact) mass is 268 g/mol. The second kappa shape index (κ2) is 6.12. The Morgan fingerprint density at radius 3 is 2.74 bits per heavy atom. The zero-order valence-corrected chi connectivity index (χ0v) is 10.4. The molecule has 2 rings (SSSR count). The van der Waals surface area contributed by atoms with Crippen LogP contribution in [0.2, 0.25) is 0 Å². The lowest BCUT2D eigenvalue weighted by atomic mass is 10.1. The predicted molar refractivity (Wildman–Crippen MR) is 64.0 cm³/mol. The Balaban J connectivity index is 2.10. The van der Waals surface area contributed by atoms with Gasteiger partial charge < -0.3 is 24.4 Å². The predicted octanol–water partition coefficient (Wildman–Crippen LogP) is -0.00460. The zero-order valence-electron chi connectivity index (χ0n) is 10.4. The number of esters is 1. The maximum absolute atomic E-state index is 11.3. The van der Waals surface area contributed by atoms with Crippen molar-refractivity contribution in [2.75, 3.05) is 13.7 Å². The van der Waals surface area contributed by atoms with Crippen LogP contribution in [-0.4, -0.2) is 48.2 Å². The number of aliphatic hydroxyl groups excluding tert-OH is 2. The van der Waals surface area contributed by atoms with Gasteiger partial charge in [0.05, 0.1) is 13.7 Å². The molecule has 4 atom stereocenters. The first-order valence-corrected chi connectivity index (χ1v) is 5.89. The maximum Gasteiger partial charge on any atom is 0.337 e. The molecule has 6 nitrogen and oxygen atoms in total. The average molecular weight is 268 g/mol. The van der Waals surface area contributed by atoms with Crippen molar-refractivity contribution >= 4 is 5.97 Å². The number of benzene rings is 1. The van der Waals surface area contributed by atoms with E-state index in [1.165, 1.54) is 0 Å². The zero-order chi connectivity index (χ0) is 13.8. The van der Waals surface area contributed by atoms with Crippen LogP contribution >= 0.6 is 0 Å². The fraction of sp³-hybridized carbons (Fsp3) is 0.462. The third-order valence-electron chi connectivity index (χ3n) is 2.90. The van der Waals surface area contributed by atoms with Gasteiger partial charge in [-0.2, -0.15) is 0 Å². The Morgan fingerprint density at radius 2 is 2.11 bits per heavy atom. The highest BCUT2D eigenvalue weighted by atomic mass is 16.7. The van der Waals surface area contributed by atoms with Crippen molar-refractivity contribution in [3.8, 4) is 0 Å². The van der Waals surface area contributed by atoms with Gasteiger partial charge in [0.25, 0.3) is 0 Å². The summed E-state index contributed by atoms with van der Waals surface area (Å²) in [4.78, 5) is 11.3. The van der Waals surface area contributed by atoms with E-state index in [1.54, 1.807) is 12.1 Å². The van der Waals surface area contributed by atoms with Crippen LogP contribution in [0.4, 0.5) is 0 Å². The van der Waals surface area contributed by atoms with Gasteiger partial charge in [0.15, 0.2) is 12.4 Å². The molecule has 2 N–H and O–H groups in total. The molecular weight excluding hydrogens is 252 g/mol. The highest BCUT2D eigenvalue weighted by molar-refractivity contribution is 5.75. The van der Waals surface area contributed by atoms with Crippen molar-refractivity contribution < 1.29 is 29.2 Å². The molecule has 0 bridgehead atoms. The largest absolute Gasteiger partial charge is 0.467 e. The fourth-order valence-corrected chi connectivity index (χ4v) is 1.88. The van der Waals surface area contributed by atoms with Crippen molar-refractivity contribution in [2.45, 2.75) is 24.6 Å². The van der Waals surface area contributed by atoms with Crippen LogP contribution in [0.15, 0.2) is 30.3 Å². The fourth-order valence-electron chi connectivity index (χ4n) is 1.88. The second-order valence-corrected chi connectivity index (χ2v) is 4.21. The first-order valence-electron chi connectivity index (χ1n) is 5.89. The van der Waals surface area contributed by atoms with Gasteiger partial charge in [0.2, 0.25) is 0 Å². The van der Waals surface area contributed by atoms with Gasteiger partial charge in [0.1, 0.15) is 12.2 Å². The van der Waals surface area contributed by atoms with E-state index in [4.69, 9.17) is 9.47 Å². The summed E-state index contributed by atoms with van der Waals surface area (Å²) in [6, 6.07) is 9.08. The van der Waals surface area contributed by atoms with E-state index in [-0.39, 0.29) is 6.61 Å². The molecule has 104 valence electrons. The summed E-state index contributed by atoms with van der Waals surface area (Å²) < 4.78 is 15.2. The van der Waals surface area contributed by atoms with E-state index in [9.17, 15) is 15.0 Å². The summed E-state index contributed by atoms with van der Waals surface area (Å²) in [6.07, 6.45) is -4.44. The molecule has 0 radical (unpaired) electrons. The smallest absolute Gasteiger partial charge is 0.337 e. The van der Waals surface area contributed by atoms with Crippen LogP contribution in [-0.2, 0) is 19.0 Å². The quantitative estimate of drug-likeness (QED) is 0.750. The summed E-state index contributed by atoms with van der Waals surface area (Å²) in [5, 5.41) is 19.5. The SMILES string of the molecule is COC(=O)[C@@H](O)[C@@H]1OC(c2ccccc2)OC[C@H]1O. The molecule has 0 aliphatic carbocycles. The first kappa shape index (κ1) is 14.0. The second-order valence-electron chi connectivity index (χ2n) is 4.21. The van der Waals surface area contributed by atoms with Gasteiger partial charge in [-0.15, -0.1) is 0 Å². The van der Waals surface area contributed by atoms with Crippen molar-refractivity contribution in [1.82, 2.24) is 0 Å². The van der Waals surface area contributed by atoms with Crippen LogP contribution in [0.5, 0.6) is 0 Å². The molecule has 1 aromatic carbocycles. The number of methoxy groups -OCH3 is 1. The van der Waals surface area contributed by atoms with Crippen LogP contribution in [0, 0.1) is 0 Å². The van der Waals surface area contributed by atoms with Crippen LogP contribution in [0.3, 0.4) is 0 Å². The molecule has 0 saturated carbocycles. The van der Waals surface area contributed by atoms with Gasteiger partial charge in [0, 0.05) is 5.56 Å². The number of hydrogen-bond acceptors (Lipinski definition) is 6. The number of hydrogen-bond donors (Lipinski definition) is 2. The Morgan fingerprint density at radius 1 is 1.42 bits per heavy atom. The van der Waals surface area contributed by atoms with Crippen molar-refractivity contribution in [3.05, 3.63) is 35.9 Å². The Kier molecular flexibility index (Phi) is 4.49. The van der Waals surface area contributed by atoms with Gasteiger partial charge in [-0.1, -0.05) is 30.3 Å². The van der Waals surface area contributed by atoms with E-state index in [1.807, 2.05) is 18.2 Å². The van der Waals surface area contributed by atoms with Gasteiger partial charge in [-0.05, 0) is 0 Å². The molecule has 1 aromatic rings. The highest BCUT2D eigenvalue weighted by Crippen LogP contribution is 2.28. The van der Waals surface area contributed by atoms with E-state index in [0.717, 1.165) is 12.7 Å². The summed E-state index contributed by atoms with van der Waals surface area (Å²) in [7, 11) is 1.16. The lowest BCUT2D eigenvalue weighted by Crippen LogP contribution is -2.50. The molecule has 1 aliphatic heterocycles. The van der Waals surface area contributed by atoms with Crippen molar-refractivity contribution in [1.29, 1.82) is 0 Å². The molecule has 1 fully saturated rings. The highest BCUT2D eigenvalue weighted by Gasteiger charge is 2.40. The third-order valence-corrected chi connectivity index (χ3v) is 2.90. The molecule has 1 unspecified atom stereocenters. The minimum Gasteiger partial charge on any atom is -0.467 e. The summed E-state index contributed by atoms with van der Waals surface area (Å²) in [6.45, 7) is -0.0295. The number of rotatable bonds is 3. The van der Waals surface area contributed by atoms with Crippen LogP contribution in [0.1, 0.15) is 11.9 Å². The standard InChI is InChI=1S/C13H16O6/c1-17-12(16)10(15)11-9(14)7-18-13(19-11)8-5-3-2-4-6-8/h2-6,9-11,13-15H,7H2,1H3/t9-,10+,11-,13?/m1/s1. The van der Waals surface area contributed by atoms with Gasteiger partial charge in [-0.3, -0.25) is 0 Å². The third kappa shape index (κ3) is 3.10. The average Bonchev–Trinajstić information content (AvgIpc) is 2.47. The van der Waals surface area contributed by atoms with Crippen molar-refractivity contribution in [3.63, 3.8) is 0 Å². The summed E-state index contributed by atoms with van der Waals surface area (Å²) in [5.41, 5.74) is 0.747. The minimum atomic E-state index is -1.55. The summed E-state index contributed by atoms with van der Waals surface area (Å²) >= 11 is 0. The number of carbonyl (C=O) groups is 1. The molecule has 0 spiro atoms. The van der Waals surface area contributed by atoms with Crippen molar-refractivity contribution in [2.24, 2.45) is 0 Å². The molecular formula is C13H16O6. The normalized spacial score (nSPS) is 28.7. The van der Waals surface area contributed by atoms with Crippen LogP contribution in [0.25, 0.3) is 0 Å². The number of aliphatic hydroxyl groups is 2. The number of ether oxygens (including phenoxy) is 3. The molecule has 1 aliphatic rings. The summed E-state index contributed by atoms with van der Waals surface area (Å²) in [5.74, 6) is -0.849. The Labute approximate surface area is 110 Å². The molecule has 0 aromatic heterocycles. The van der Waals surface area contributed by atoms with Crippen LogP contribution < -0.4 is 0 Å². The minimum absolute atomic E-state index is 0.0295. The molecule has 1 saturated heterocycles. The Hall–Kier alpha value is -1.47. The number of carbonyl (C=O) groups excluding carboxylic acids is 1. The lowest BCUT2D eigenvalue weighted by Gasteiger charge is -2.35.